The number of halogens is 4. The normalized spacial score (nSPS) is 15.7. The standard InChI is InChI=1S/C24H18F4N4O/c1-12-21-16(23(31(2)30-21)13-10-18(26)20(28)19(27)11-13)7-9-32(12)24(33)15-6-8-29-22-14(15)4-3-5-17(22)25/h3-6,8,10-12H,7,9H2,1-2H3. The zero-order valence-corrected chi connectivity index (χ0v) is 17.7. The molecule has 2 aromatic carbocycles. The second-order valence-corrected chi connectivity index (χ2v) is 8.01. The van der Waals surface area contributed by atoms with E-state index in [9.17, 15) is 22.4 Å². The largest absolute Gasteiger partial charge is 0.330 e. The van der Waals surface area contributed by atoms with Gasteiger partial charge in [0.15, 0.2) is 17.5 Å². The van der Waals surface area contributed by atoms with E-state index in [0.717, 1.165) is 17.7 Å². The van der Waals surface area contributed by atoms with Crippen molar-refractivity contribution in [2.45, 2.75) is 19.4 Å². The quantitative estimate of drug-likeness (QED) is 0.318. The van der Waals surface area contributed by atoms with Crippen molar-refractivity contribution in [2.24, 2.45) is 7.05 Å². The number of para-hydroxylation sites is 1. The zero-order chi connectivity index (χ0) is 23.4. The van der Waals surface area contributed by atoms with Gasteiger partial charge in [-0.25, -0.2) is 17.6 Å². The molecule has 1 aliphatic heterocycles. The number of pyridine rings is 1. The summed E-state index contributed by atoms with van der Waals surface area (Å²) < 4.78 is 56.8. The van der Waals surface area contributed by atoms with Gasteiger partial charge in [-0.05, 0) is 37.6 Å². The first kappa shape index (κ1) is 21.1. The van der Waals surface area contributed by atoms with Crippen LogP contribution in [-0.4, -0.2) is 32.1 Å². The summed E-state index contributed by atoms with van der Waals surface area (Å²) in [5, 5.41) is 4.92. The van der Waals surface area contributed by atoms with Crippen LogP contribution >= 0.6 is 0 Å². The number of benzene rings is 2. The van der Waals surface area contributed by atoms with Crippen molar-refractivity contribution in [1.82, 2.24) is 19.7 Å². The van der Waals surface area contributed by atoms with E-state index in [0.29, 0.717) is 35.3 Å². The molecule has 9 heteroatoms. The maximum absolute atomic E-state index is 14.2. The summed E-state index contributed by atoms with van der Waals surface area (Å²) in [6.45, 7) is 2.12. The van der Waals surface area contributed by atoms with Gasteiger partial charge in [0, 0.05) is 36.3 Å². The lowest BCUT2D eigenvalue weighted by molar-refractivity contribution is 0.0675. The fraction of sp³-hybridized carbons (Fsp3) is 0.208. The SMILES string of the molecule is CC1c2nn(C)c(-c3cc(F)c(F)c(F)c3)c2CCN1C(=O)c1ccnc2c(F)cccc12. The van der Waals surface area contributed by atoms with Crippen molar-refractivity contribution in [2.75, 3.05) is 6.54 Å². The van der Waals surface area contributed by atoms with Gasteiger partial charge in [0.05, 0.1) is 23.0 Å². The van der Waals surface area contributed by atoms with Crippen molar-refractivity contribution >= 4 is 16.8 Å². The fourth-order valence-corrected chi connectivity index (χ4v) is 4.56. The van der Waals surface area contributed by atoms with Gasteiger partial charge in [0.2, 0.25) is 0 Å². The molecule has 0 radical (unpaired) electrons. The van der Waals surface area contributed by atoms with E-state index in [4.69, 9.17) is 0 Å². The molecule has 2 aromatic heterocycles. The molecule has 33 heavy (non-hydrogen) atoms. The van der Waals surface area contributed by atoms with Crippen LogP contribution in [0.25, 0.3) is 22.2 Å². The molecule has 4 aromatic rings. The molecule has 5 rings (SSSR count). The van der Waals surface area contributed by atoms with Gasteiger partial charge in [-0.2, -0.15) is 5.10 Å². The number of hydrogen-bond donors (Lipinski definition) is 0. The number of aromatic nitrogens is 3. The van der Waals surface area contributed by atoms with Crippen LogP contribution in [0.2, 0.25) is 0 Å². The first-order chi connectivity index (χ1) is 15.8. The summed E-state index contributed by atoms with van der Waals surface area (Å²) in [4.78, 5) is 19.1. The third kappa shape index (κ3) is 3.26. The number of rotatable bonds is 2. The number of fused-ring (bicyclic) bond motifs is 2. The van der Waals surface area contributed by atoms with Crippen molar-refractivity contribution < 1.29 is 22.4 Å². The number of aryl methyl sites for hydroxylation is 1. The Kier molecular flexibility index (Phi) is 4.92. The van der Waals surface area contributed by atoms with E-state index in [-0.39, 0.29) is 17.0 Å². The number of nitrogens with zero attached hydrogens (tertiary/aromatic N) is 4. The van der Waals surface area contributed by atoms with E-state index in [1.165, 1.54) is 23.0 Å². The zero-order valence-electron chi connectivity index (χ0n) is 17.7. The maximum atomic E-state index is 14.2. The van der Waals surface area contributed by atoms with Crippen LogP contribution in [0.5, 0.6) is 0 Å². The van der Waals surface area contributed by atoms with Gasteiger partial charge in [0.1, 0.15) is 11.3 Å². The number of amides is 1. The fourth-order valence-electron chi connectivity index (χ4n) is 4.56. The Morgan fingerprint density at radius 3 is 2.52 bits per heavy atom. The molecule has 1 amide bonds. The monoisotopic (exact) mass is 454 g/mol. The van der Waals surface area contributed by atoms with Crippen LogP contribution in [-0.2, 0) is 13.5 Å². The number of carbonyl (C=O) groups excluding carboxylic acids is 1. The number of hydrogen-bond acceptors (Lipinski definition) is 3. The molecule has 3 heterocycles. The van der Waals surface area contributed by atoms with Crippen molar-refractivity contribution in [3.63, 3.8) is 0 Å². The third-order valence-electron chi connectivity index (χ3n) is 6.11. The first-order valence-electron chi connectivity index (χ1n) is 10.3. The molecule has 0 N–H and O–H groups in total. The molecule has 1 atom stereocenters. The summed E-state index contributed by atoms with van der Waals surface area (Å²) in [6.07, 6.45) is 1.78. The smallest absolute Gasteiger partial charge is 0.255 e. The predicted molar refractivity (Wildman–Crippen MR) is 113 cm³/mol. The molecule has 0 spiro atoms. The molecular formula is C24H18F4N4O. The Hall–Kier alpha value is -3.75. The highest BCUT2D eigenvalue weighted by molar-refractivity contribution is 6.06. The summed E-state index contributed by atoms with van der Waals surface area (Å²) in [5.41, 5.74) is 2.41. The lowest BCUT2D eigenvalue weighted by Crippen LogP contribution is -2.39. The molecular weight excluding hydrogens is 436 g/mol. The summed E-state index contributed by atoms with van der Waals surface area (Å²) in [5.74, 6) is -4.89. The van der Waals surface area contributed by atoms with Crippen LogP contribution in [0, 0.1) is 23.3 Å². The second-order valence-electron chi connectivity index (χ2n) is 8.01. The third-order valence-corrected chi connectivity index (χ3v) is 6.11. The van der Waals surface area contributed by atoms with Gasteiger partial charge in [-0.1, -0.05) is 12.1 Å². The highest BCUT2D eigenvalue weighted by atomic mass is 19.2. The van der Waals surface area contributed by atoms with Gasteiger partial charge < -0.3 is 4.90 Å². The maximum Gasteiger partial charge on any atom is 0.255 e. The predicted octanol–water partition coefficient (Wildman–Crippen LogP) is 4.95. The second kappa shape index (κ2) is 7.68. The molecule has 0 bridgehead atoms. The highest BCUT2D eigenvalue weighted by Gasteiger charge is 2.34. The van der Waals surface area contributed by atoms with E-state index < -0.39 is 29.3 Å². The summed E-state index contributed by atoms with van der Waals surface area (Å²) in [7, 11) is 1.63. The van der Waals surface area contributed by atoms with Crippen LogP contribution in [0.1, 0.15) is 34.6 Å². The molecule has 168 valence electrons. The number of carbonyl (C=O) groups is 1. The van der Waals surface area contributed by atoms with Gasteiger partial charge >= 0.3 is 0 Å². The Morgan fingerprint density at radius 1 is 1.06 bits per heavy atom. The van der Waals surface area contributed by atoms with E-state index in [2.05, 4.69) is 10.1 Å². The van der Waals surface area contributed by atoms with Crippen molar-refractivity contribution in [3.05, 3.63) is 82.7 Å². The minimum absolute atomic E-state index is 0.120. The van der Waals surface area contributed by atoms with Gasteiger partial charge in [0.25, 0.3) is 5.91 Å². The molecule has 0 aliphatic carbocycles. The van der Waals surface area contributed by atoms with E-state index in [1.54, 1.807) is 24.1 Å². The lowest BCUT2D eigenvalue weighted by Gasteiger charge is -2.33. The Balaban J connectivity index is 1.55. The molecule has 0 fully saturated rings. The topological polar surface area (TPSA) is 51.0 Å². The van der Waals surface area contributed by atoms with E-state index >= 15 is 0 Å². The molecule has 0 saturated carbocycles. The summed E-state index contributed by atoms with van der Waals surface area (Å²) in [6, 6.07) is 7.45. The molecule has 1 unspecified atom stereocenters. The van der Waals surface area contributed by atoms with Crippen LogP contribution in [0.4, 0.5) is 17.6 Å². The summed E-state index contributed by atoms with van der Waals surface area (Å²) >= 11 is 0. The molecule has 5 nitrogen and oxygen atoms in total. The minimum Gasteiger partial charge on any atom is -0.330 e. The van der Waals surface area contributed by atoms with Crippen LogP contribution in [0.3, 0.4) is 0 Å². The Bertz CT molecular complexity index is 1410. The van der Waals surface area contributed by atoms with Crippen LogP contribution in [0.15, 0.2) is 42.6 Å². The average molecular weight is 454 g/mol. The molecule has 0 saturated heterocycles. The van der Waals surface area contributed by atoms with Gasteiger partial charge in [-0.15, -0.1) is 0 Å². The van der Waals surface area contributed by atoms with Crippen molar-refractivity contribution in [1.29, 1.82) is 0 Å². The minimum atomic E-state index is -1.53. The van der Waals surface area contributed by atoms with Crippen LogP contribution < -0.4 is 0 Å². The highest BCUT2D eigenvalue weighted by Crippen LogP contribution is 2.37. The van der Waals surface area contributed by atoms with Gasteiger partial charge in [-0.3, -0.25) is 14.5 Å². The van der Waals surface area contributed by atoms with Crippen molar-refractivity contribution in [3.8, 4) is 11.3 Å². The Labute approximate surface area is 186 Å². The Morgan fingerprint density at radius 2 is 1.79 bits per heavy atom. The molecule has 1 aliphatic rings. The first-order valence-corrected chi connectivity index (χ1v) is 10.3. The van der Waals surface area contributed by atoms with E-state index in [1.807, 2.05) is 6.92 Å². The average Bonchev–Trinajstić information content (AvgIpc) is 3.14. The lowest BCUT2D eigenvalue weighted by atomic mass is 9.94.